The van der Waals surface area contributed by atoms with E-state index in [2.05, 4.69) is 6.07 Å². The normalized spacial score (nSPS) is 17.2. The average Bonchev–Trinajstić information content (AvgIpc) is 2.47. The van der Waals surface area contributed by atoms with Gasteiger partial charge < -0.3 is 10.6 Å². The van der Waals surface area contributed by atoms with Crippen molar-refractivity contribution < 1.29 is 4.79 Å². The van der Waals surface area contributed by atoms with Crippen LogP contribution in [0.4, 0.5) is 0 Å². The van der Waals surface area contributed by atoms with Gasteiger partial charge in [-0.1, -0.05) is 31.4 Å². The summed E-state index contributed by atoms with van der Waals surface area (Å²) in [5.74, 6) is 0.0135. The number of hydrogen-bond donors (Lipinski definition) is 1. The van der Waals surface area contributed by atoms with Crippen LogP contribution in [0.15, 0.2) is 24.3 Å². The second kappa shape index (κ2) is 6.06. The lowest BCUT2D eigenvalue weighted by atomic mass is 9.81. The Morgan fingerprint density at radius 2 is 2.10 bits per heavy atom. The molecule has 2 rings (SSSR count). The minimum atomic E-state index is -0.695. The molecule has 1 aliphatic carbocycles. The van der Waals surface area contributed by atoms with E-state index in [4.69, 9.17) is 11.0 Å². The van der Waals surface area contributed by atoms with Gasteiger partial charge >= 0.3 is 0 Å². The van der Waals surface area contributed by atoms with Crippen molar-refractivity contribution >= 4 is 5.91 Å². The summed E-state index contributed by atoms with van der Waals surface area (Å²) in [4.78, 5) is 14.2. The number of carbonyl (C=O) groups excluding carboxylic acids is 1. The number of nitriles is 1. The number of nitrogens with zero attached hydrogens (tertiary/aromatic N) is 2. The quantitative estimate of drug-likeness (QED) is 0.916. The van der Waals surface area contributed by atoms with E-state index < -0.39 is 5.54 Å². The van der Waals surface area contributed by atoms with Gasteiger partial charge in [0.05, 0.1) is 17.2 Å². The Hall–Kier alpha value is -1.86. The highest BCUT2D eigenvalue weighted by atomic mass is 16.2. The first-order valence-electron chi connectivity index (χ1n) is 7.09. The van der Waals surface area contributed by atoms with Crippen LogP contribution in [-0.2, 0) is 11.3 Å². The molecule has 0 radical (unpaired) electrons. The van der Waals surface area contributed by atoms with Crippen LogP contribution in [-0.4, -0.2) is 23.4 Å². The topological polar surface area (TPSA) is 70.1 Å². The van der Waals surface area contributed by atoms with E-state index in [-0.39, 0.29) is 5.91 Å². The van der Waals surface area contributed by atoms with Crippen LogP contribution in [0.25, 0.3) is 0 Å². The van der Waals surface area contributed by atoms with Gasteiger partial charge in [-0.15, -0.1) is 0 Å². The lowest BCUT2D eigenvalue weighted by Crippen LogP contribution is -2.55. The monoisotopic (exact) mass is 271 g/mol. The van der Waals surface area contributed by atoms with E-state index in [1.165, 1.54) is 6.42 Å². The molecule has 4 heteroatoms. The van der Waals surface area contributed by atoms with Crippen molar-refractivity contribution in [3.63, 3.8) is 0 Å². The van der Waals surface area contributed by atoms with Gasteiger partial charge in [0.25, 0.3) is 0 Å². The summed E-state index contributed by atoms with van der Waals surface area (Å²) in [5.41, 5.74) is 7.15. The summed E-state index contributed by atoms with van der Waals surface area (Å²) in [6.45, 7) is 0.493. The Kier molecular flexibility index (Phi) is 4.41. The molecule has 106 valence electrons. The third kappa shape index (κ3) is 3.17. The highest BCUT2D eigenvalue weighted by Crippen LogP contribution is 2.27. The highest BCUT2D eigenvalue weighted by molar-refractivity contribution is 5.86. The summed E-state index contributed by atoms with van der Waals surface area (Å²) in [7, 11) is 1.78. The maximum Gasteiger partial charge on any atom is 0.242 e. The number of carbonyl (C=O) groups is 1. The van der Waals surface area contributed by atoms with E-state index in [1.54, 1.807) is 18.0 Å². The maximum absolute atomic E-state index is 12.5. The molecular weight excluding hydrogens is 250 g/mol. The van der Waals surface area contributed by atoms with Crippen LogP contribution in [0.1, 0.15) is 43.2 Å². The molecule has 0 unspecified atom stereocenters. The number of hydrogen-bond acceptors (Lipinski definition) is 3. The first-order chi connectivity index (χ1) is 9.55. The van der Waals surface area contributed by atoms with Crippen LogP contribution in [0, 0.1) is 11.3 Å². The van der Waals surface area contributed by atoms with E-state index in [0.717, 1.165) is 31.2 Å². The van der Waals surface area contributed by atoms with Gasteiger partial charge in [-0.2, -0.15) is 5.26 Å². The fourth-order valence-corrected chi connectivity index (χ4v) is 2.86. The van der Waals surface area contributed by atoms with Crippen LogP contribution in [0.2, 0.25) is 0 Å². The van der Waals surface area contributed by atoms with Gasteiger partial charge in [-0.25, -0.2) is 0 Å². The third-order valence-corrected chi connectivity index (χ3v) is 3.99. The molecule has 0 aromatic heterocycles. The fraction of sp³-hybridized carbons (Fsp3) is 0.500. The van der Waals surface area contributed by atoms with Crippen LogP contribution < -0.4 is 5.73 Å². The van der Waals surface area contributed by atoms with Gasteiger partial charge in [0.1, 0.15) is 0 Å². The summed E-state index contributed by atoms with van der Waals surface area (Å²) in [6.07, 6.45) is 4.77. The van der Waals surface area contributed by atoms with Crippen molar-refractivity contribution in [1.29, 1.82) is 5.26 Å². The number of benzene rings is 1. The van der Waals surface area contributed by atoms with Crippen molar-refractivity contribution in [2.45, 2.75) is 44.2 Å². The zero-order valence-corrected chi connectivity index (χ0v) is 11.9. The number of rotatable bonds is 3. The molecule has 20 heavy (non-hydrogen) atoms. The molecule has 0 bridgehead atoms. The van der Waals surface area contributed by atoms with Crippen molar-refractivity contribution in [2.75, 3.05) is 7.05 Å². The van der Waals surface area contributed by atoms with Crippen molar-refractivity contribution in [1.82, 2.24) is 4.90 Å². The maximum atomic E-state index is 12.5. The summed E-state index contributed by atoms with van der Waals surface area (Å²) in [5, 5.41) is 8.90. The zero-order valence-electron chi connectivity index (χ0n) is 11.9. The van der Waals surface area contributed by atoms with Crippen LogP contribution in [0.3, 0.4) is 0 Å². The van der Waals surface area contributed by atoms with E-state index in [1.807, 2.05) is 18.2 Å². The minimum absolute atomic E-state index is 0.0135. The molecule has 0 aliphatic heterocycles. The molecular formula is C16H21N3O. The van der Waals surface area contributed by atoms with Gasteiger partial charge in [0.2, 0.25) is 5.91 Å². The van der Waals surface area contributed by atoms with Crippen molar-refractivity contribution in [2.24, 2.45) is 5.73 Å². The third-order valence-electron chi connectivity index (χ3n) is 3.99. The number of nitrogens with two attached hydrogens (primary N) is 1. The summed E-state index contributed by atoms with van der Waals surface area (Å²) >= 11 is 0. The first-order valence-corrected chi connectivity index (χ1v) is 7.09. The Morgan fingerprint density at radius 1 is 1.40 bits per heavy atom. The molecule has 1 aromatic rings. The predicted octanol–water partition coefficient (Wildman–Crippen LogP) is 2.18. The molecule has 1 saturated carbocycles. The van der Waals surface area contributed by atoms with Crippen molar-refractivity contribution in [3.05, 3.63) is 35.4 Å². The summed E-state index contributed by atoms with van der Waals surface area (Å²) < 4.78 is 0. The lowest BCUT2D eigenvalue weighted by Gasteiger charge is -2.35. The Labute approximate surface area is 120 Å². The number of likely N-dealkylation sites (N-methyl/N-ethyl adjacent to an activating group) is 1. The molecule has 2 N–H and O–H groups in total. The zero-order chi connectivity index (χ0) is 14.6. The SMILES string of the molecule is CN(Cc1cccc(C#N)c1)C(=O)C1(N)CCCCC1. The van der Waals surface area contributed by atoms with E-state index >= 15 is 0 Å². The van der Waals surface area contributed by atoms with Crippen molar-refractivity contribution in [3.8, 4) is 6.07 Å². The standard InChI is InChI=1S/C16H21N3O/c1-19(12-14-7-5-6-13(10-14)11-17)15(20)16(18)8-3-2-4-9-16/h5-7,10H,2-4,8-9,12,18H2,1H3. The van der Waals surface area contributed by atoms with Crippen LogP contribution in [0.5, 0.6) is 0 Å². The largest absolute Gasteiger partial charge is 0.340 e. The molecule has 0 saturated heterocycles. The molecule has 0 spiro atoms. The van der Waals surface area contributed by atoms with Gasteiger partial charge in [0.15, 0.2) is 0 Å². The Balaban J connectivity index is 2.05. The predicted molar refractivity (Wildman–Crippen MR) is 77.6 cm³/mol. The minimum Gasteiger partial charge on any atom is -0.340 e. The molecule has 0 atom stereocenters. The highest BCUT2D eigenvalue weighted by Gasteiger charge is 2.37. The van der Waals surface area contributed by atoms with Crippen LogP contribution >= 0.6 is 0 Å². The molecule has 1 aliphatic rings. The average molecular weight is 271 g/mol. The van der Waals surface area contributed by atoms with Gasteiger partial charge in [-0.3, -0.25) is 4.79 Å². The van der Waals surface area contributed by atoms with E-state index in [9.17, 15) is 4.79 Å². The fourth-order valence-electron chi connectivity index (χ4n) is 2.86. The van der Waals surface area contributed by atoms with Gasteiger partial charge in [-0.05, 0) is 30.5 Å². The molecule has 1 amide bonds. The van der Waals surface area contributed by atoms with Gasteiger partial charge in [0, 0.05) is 13.6 Å². The molecule has 0 heterocycles. The van der Waals surface area contributed by atoms with E-state index in [0.29, 0.717) is 12.1 Å². The summed E-state index contributed by atoms with van der Waals surface area (Å²) in [6, 6.07) is 9.45. The second-order valence-electron chi connectivity index (χ2n) is 5.69. The smallest absolute Gasteiger partial charge is 0.242 e. The molecule has 1 fully saturated rings. The Morgan fingerprint density at radius 3 is 2.75 bits per heavy atom. The second-order valence-corrected chi connectivity index (χ2v) is 5.69. The Bertz CT molecular complexity index is 527. The number of amides is 1. The molecule has 4 nitrogen and oxygen atoms in total. The first kappa shape index (κ1) is 14.5. The molecule has 1 aromatic carbocycles. The lowest BCUT2D eigenvalue weighted by molar-refractivity contribution is -0.137.